The van der Waals surface area contributed by atoms with Crippen LogP contribution in [-0.2, 0) is 0 Å². The number of H-pyrrole nitrogens is 2. The standard InChI is InChI=1S/C24H26N4O/c1-16-11-20(26-14-16)22(29)18-6-4-2-3-5-17(12-24(13-18)8-9-24)21-19-7-10-25-23(19)28-15-27-21/h5,7,10-11,13-15,26H,2-4,6,8-9,12H2,1H3,(H,25,27,28). The molecule has 0 radical (unpaired) electrons. The summed E-state index contributed by atoms with van der Waals surface area (Å²) in [6.07, 6.45) is 17.3. The molecular weight excluding hydrogens is 360 g/mol. The molecule has 0 atom stereocenters. The largest absolute Gasteiger partial charge is 0.358 e. The molecule has 0 saturated heterocycles. The Morgan fingerprint density at radius 2 is 2.07 bits per heavy atom. The average molecular weight is 386 g/mol. The predicted molar refractivity (Wildman–Crippen MR) is 115 cm³/mol. The first-order valence-corrected chi connectivity index (χ1v) is 10.5. The number of aromatic nitrogens is 4. The van der Waals surface area contributed by atoms with E-state index in [-0.39, 0.29) is 11.2 Å². The topological polar surface area (TPSA) is 74.4 Å². The number of Topliss-reactive ketones (excluding diaryl/α,β-unsaturated/α-hetero) is 1. The van der Waals surface area contributed by atoms with Crippen LogP contribution in [0.3, 0.4) is 0 Å². The molecule has 3 heterocycles. The minimum atomic E-state index is 0.0867. The number of carbonyl (C=O) groups excluding carboxylic acids is 1. The fourth-order valence-corrected chi connectivity index (χ4v) is 4.46. The number of aryl methyl sites for hydroxylation is 1. The van der Waals surface area contributed by atoms with Crippen molar-refractivity contribution in [3.63, 3.8) is 0 Å². The van der Waals surface area contributed by atoms with E-state index >= 15 is 0 Å². The quantitative estimate of drug-likeness (QED) is 0.581. The van der Waals surface area contributed by atoms with Crippen LogP contribution in [0.1, 0.15) is 66.7 Å². The van der Waals surface area contributed by atoms with Crippen LogP contribution >= 0.6 is 0 Å². The Hall–Kier alpha value is -2.95. The fourth-order valence-electron chi connectivity index (χ4n) is 4.46. The van der Waals surface area contributed by atoms with E-state index in [2.05, 4.69) is 38.2 Å². The molecule has 5 rings (SSSR count). The molecule has 5 heteroatoms. The number of fused-ring (bicyclic) bond motifs is 1. The third kappa shape index (κ3) is 3.57. The van der Waals surface area contributed by atoms with Gasteiger partial charge in [-0.05, 0) is 86.1 Å². The zero-order chi connectivity index (χ0) is 19.8. The molecule has 3 aromatic heterocycles. The molecule has 2 aliphatic carbocycles. The van der Waals surface area contributed by atoms with Crippen molar-refractivity contribution in [2.45, 2.75) is 51.9 Å². The molecule has 2 N–H and O–H groups in total. The zero-order valence-corrected chi connectivity index (χ0v) is 16.8. The molecule has 2 aliphatic rings. The van der Waals surface area contributed by atoms with E-state index in [1.165, 1.54) is 5.57 Å². The van der Waals surface area contributed by atoms with Crippen LogP contribution < -0.4 is 0 Å². The summed E-state index contributed by atoms with van der Waals surface area (Å²) >= 11 is 0. The molecule has 0 aliphatic heterocycles. The molecule has 0 unspecified atom stereocenters. The lowest BCUT2D eigenvalue weighted by Crippen LogP contribution is -2.09. The van der Waals surface area contributed by atoms with Gasteiger partial charge in [0.15, 0.2) is 0 Å². The molecule has 1 saturated carbocycles. The third-order valence-electron chi connectivity index (χ3n) is 6.23. The molecule has 0 amide bonds. The SMILES string of the molecule is Cc1c[nH]c(C(=O)C2=CC3(CC3)CC(c3ncnc4[nH]ccc34)=CCCCC2)c1. The summed E-state index contributed by atoms with van der Waals surface area (Å²) in [4.78, 5) is 28.5. The average Bonchev–Trinajstić information content (AvgIpc) is 3.11. The van der Waals surface area contributed by atoms with E-state index in [4.69, 9.17) is 0 Å². The van der Waals surface area contributed by atoms with Gasteiger partial charge in [-0.1, -0.05) is 12.2 Å². The van der Waals surface area contributed by atoms with Crippen molar-refractivity contribution in [1.82, 2.24) is 19.9 Å². The van der Waals surface area contributed by atoms with Gasteiger partial charge in [-0.2, -0.15) is 0 Å². The molecule has 148 valence electrons. The van der Waals surface area contributed by atoms with Crippen LogP contribution in [0.15, 0.2) is 48.6 Å². The van der Waals surface area contributed by atoms with Crippen molar-refractivity contribution in [3.8, 4) is 0 Å². The maximum Gasteiger partial charge on any atom is 0.204 e. The van der Waals surface area contributed by atoms with E-state index in [1.807, 2.05) is 25.4 Å². The lowest BCUT2D eigenvalue weighted by molar-refractivity contribution is 0.102. The molecule has 29 heavy (non-hydrogen) atoms. The van der Waals surface area contributed by atoms with Gasteiger partial charge >= 0.3 is 0 Å². The monoisotopic (exact) mass is 386 g/mol. The maximum absolute atomic E-state index is 13.1. The van der Waals surface area contributed by atoms with Crippen LogP contribution in [0.5, 0.6) is 0 Å². The number of rotatable bonds is 3. The highest BCUT2D eigenvalue weighted by molar-refractivity contribution is 6.07. The van der Waals surface area contributed by atoms with Crippen molar-refractivity contribution in [2.75, 3.05) is 0 Å². The molecular formula is C24H26N4O. The Bertz CT molecular complexity index is 1130. The van der Waals surface area contributed by atoms with Crippen LogP contribution in [0.2, 0.25) is 0 Å². The Labute approximate surface area is 170 Å². The predicted octanol–water partition coefficient (Wildman–Crippen LogP) is 5.53. The highest BCUT2D eigenvalue weighted by Crippen LogP contribution is 2.54. The van der Waals surface area contributed by atoms with Gasteiger partial charge in [0, 0.05) is 17.8 Å². The van der Waals surface area contributed by atoms with Gasteiger partial charge in [0.25, 0.3) is 0 Å². The highest BCUT2D eigenvalue weighted by Gasteiger charge is 2.42. The van der Waals surface area contributed by atoms with Gasteiger partial charge in [-0.15, -0.1) is 0 Å². The summed E-state index contributed by atoms with van der Waals surface area (Å²) in [5.74, 6) is 0.158. The number of nitrogens with zero attached hydrogens (tertiary/aromatic N) is 2. The third-order valence-corrected chi connectivity index (χ3v) is 6.23. The number of carbonyl (C=O) groups is 1. The Balaban J connectivity index is 1.50. The van der Waals surface area contributed by atoms with Crippen LogP contribution in [-0.4, -0.2) is 25.7 Å². The number of hydrogen-bond acceptors (Lipinski definition) is 3. The zero-order valence-electron chi connectivity index (χ0n) is 16.8. The molecule has 0 aromatic carbocycles. The van der Waals surface area contributed by atoms with Crippen molar-refractivity contribution in [2.24, 2.45) is 5.41 Å². The first-order valence-electron chi connectivity index (χ1n) is 10.5. The second-order valence-corrected chi connectivity index (χ2v) is 8.57. The highest BCUT2D eigenvalue weighted by atomic mass is 16.1. The number of aromatic amines is 2. The van der Waals surface area contributed by atoms with E-state index in [9.17, 15) is 4.79 Å². The number of allylic oxidation sites excluding steroid dienone is 4. The second-order valence-electron chi connectivity index (χ2n) is 8.57. The number of hydrogen-bond donors (Lipinski definition) is 2. The van der Waals surface area contributed by atoms with E-state index in [0.29, 0.717) is 5.69 Å². The maximum atomic E-state index is 13.1. The molecule has 5 nitrogen and oxygen atoms in total. The van der Waals surface area contributed by atoms with E-state index in [1.54, 1.807) is 6.33 Å². The van der Waals surface area contributed by atoms with Gasteiger partial charge in [-0.25, -0.2) is 9.97 Å². The Morgan fingerprint density at radius 1 is 1.17 bits per heavy atom. The van der Waals surface area contributed by atoms with Crippen molar-refractivity contribution < 1.29 is 4.79 Å². The molecule has 1 fully saturated rings. The van der Waals surface area contributed by atoms with Gasteiger partial charge in [0.05, 0.1) is 11.4 Å². The van der Waals surface area contributed by atoms with Crippen LogP contribution in [0.4, 0.5) is 0 Å². The van der Waals surface area contributed by atoms with Crippen molar-refractivity contribution in [3.05, 3.63) is 65.5 Å². The minimum Gasteiger partial charge on any atom is -0.358 e. The van der Waals surface area contributed by atoms with Gasteiger partial charge < -0.3 is 9.97 Å². The summed E-state index contributed by atoms with van der Waals surface area (Å²) < 4.78 is 0. The first kappa shape index (κ1) is 18.1. The molecule has 0 bridgehead atoms. The number of ketones is 1. The van der Waals surface area contributed by atoms with Gasteiger partial charge in [0.2, 0.25) is 5.78 Å². The molecule has 1 spiro atoms. The smallest absolute Gasteiger partial charge is 0.204 e. The normalized spacial score (nSPS) is 19.1. The summed E-state index contributed by atoms with van der Waals surface area (Å²) in [7, 11) is 0. The van der Waals surface area contributed by atoms with Crippen molar-refractivity contribution in [1.29, 1.82) is 0 Å². The van der Waals surface area contributed by atoms with Gasteiger partial charge in [0.1, 0.15) is 12.0 Å². The van der Waals surface area contributed by atoms with Crippen LogP contribution in [0.25, 0.3) is 16.6 Å². The summed E-state index contributed by atoms with van der Waals surface area (Å²) in [5.41, 5.74) is 6.07. The van der Waals surface area contributed by atoms with Crippen molar-refractivity contribution >= 4 is 22.4 Å². The fraction of sp³-hybridized carbons (Fsp3) is 0.375. The lowest BCUT2D eigenvalue weighted by Gasteiger charge is -2.18. The first-order chi connectivity index (χ1) is 14.1. The lowest BCUT2D eigenvalue weighted by atomic mass is 9.87. The van der Waals surface area contributed by atoms with Gasteiger partial charge in [-0.3, -0.25) is 4.79 Å². The van der Waals surface area contributed by atoms with Crippen LogP contribution in [0, 0.1) is 12.3 Å². The molecule has 3 aromatic rings. The second kappa shape index (κ2) is 7.14. The van der Waals surface area contributed by atoms with E-state index < -0.39 is 0 Å². The van der Waals surface area contributed by atoms with E-state index in [0.717, 1.165) is 72.8 Å². The summed E-state index contributed by atoms with van der Waals surface area (Å²) in [6, 6.07) is 4.01. The minimum absolute atomic E-state index is 0.0867. The summed E-state index contributed by atoms with van der Waals surface area (Å²) in [6.45, 7) is 2.01. The Kier molecular flexibility index (Phi) is 4.46. The Morgan fingerprint density at radius 3 is 2.86 bits per heavy atom. The number of nitrogens with one attached hydrogen (secondary N) is 2. The summed E-state index contributed by atoms with van der Waals surface area (Å²) in [5, 5.41) is 1.08.